The number of aromatic nitrogens is 2. The van der Waals surface area contributed by atoms with E-state index >= 15 is 0 Å². The summed E-state index contributed by atoms with van der Waals surface area (Å²) in [6.07, 6.45) is 0.147. The van der Waals surface area contributed by atoms with Crippen molar-refractivity contribution in [3.63, 3.8) is 0 Å². The summed E-state index contributed by atoms with van der Waals surface area (Å²) in [5.74, 6) is -0.287. The first kappa shape index (κ1) is 16.2. The fraction of sp³-hybridized carbons (Fsp3) is 0.286. The second-order valence-electron chi connectivity index (χ2n) is 7.48. The molecule has 0 atom stereocenters. The van der Waals surface area contributed by atoms with Gasteiger partial charge in [-0.05, 0) is 43.4 Å². The summed E-state index contributed by atoms with van der Waals surface area (Å²) in [5.41, 5.74) is 6.08. The Bertz CT molecular complexity index is 1180. The van der Waals surface area contributed by atoms with E-state index in [-0.39, 0.29) is 24.6 Å². The fourth-order valence-electron chi connectivity index (χ4n) is 4.05. The molecule has 5 rings (SSSR count). The van der Waals surface area contributed by atoms with Crippen molar-refractivity contribution in [2.24, 2.45) is 0 Å². The predicted octanol–water partition coefficient (Wildman–Crippen LogP) is 2.09. The lowest BCUT2D eigenvalue weighted by Crippen LogP contribution is -2.29. The quantitative estimate of drug-likeness (QED) is 0.512. The van der Waals surface area contributed by atoms with Crippen molar-refractivity contribution in [1.29, 1.82) is 0 Å². The Hall–Kier alpha value is -2.99. The first-order chi connectivity index (χ1) is 13.0. The van der Waals surface area contributed by atoms with E-state index in [0.717, 1.165) is 40.0 Å². The molecule has 6 heteroatoms. The molecule has 136 valence electrons. The third-order valence-electron chi connectivity index (χ3n) is 5.29. The number of benzene rings is 1. The van der Waals surface area contributed by atoms with E-state index in [0.29, 0.717) is 12.1 Å². The van der Waals surface area contributed by atoms with Crippen molar-refractivity contribution in [3.05, 3.63) is 62.9 Å². The second-order valence-corrected chi connectivity index (χ2v) is 7.48. The molecule has 0 amide bonds. The maximum absolute atomic E-state index is 12.9. The molecule has 0 fully saturated rings. The molecule has 4 heterocycles. The average molecular weight is 361 g/mol. The van der Waals surface area contributed by atoms with Gasteiger partial charge >= 0.3 is 5.97 Å². The number of esters is 1. The Balaban J connectivity index is 1.71. The van der Waals surface area contributed by atoms with Crippen LogP contribution in [0.2, 0.25) is 0 Å². The van der Waals surface area contributed by atoms with Gasteiger partial charge in [0.25, 0.3) is 5.56 Å². The van der Waals surface area contributed by atoms with Crippen LogP contribution in [-0.4, -0.2) is 34.5 Å². The zero-order valence-electron chi connectivity index (χ0n) is 15.3. The number of cyclic esters (lactones) is 1. The Kier molecular flexibility index (Phi) is 3.45. The molecule has 2 aliphatic heterocycles. The average Bonchev–Trinajstić information content (AvgIpc) is 2.98. The third kappa shape index (κ3) is 2.48. The van der Waals surface area contributed by atoms with Gasteiger partial charge in [-0.25, -0.2) is 4.98 Å². The van der Waals surface area contributed by atoms with Crippen molar-refractivity contribution in [2.45, 2.75) is 26.1 Å². The van der Waals surface area contributed by atoms with Gasteiger partial charge in [0.1, 0.15) is 6.61 Å². The first-order valence-corrected chi connectivity index (χ1v) is 8.99. The fourth-order valence-corrected chi connectivity index (χ4v) is 4.05. The normalized spacial score (nSPS) is 14.9. The minimum absolute atomic E-state index is 0.0615. The SMILES string of the molecule is CN(C)Cc1cccc2nc3c(cc12)Cn1c-3cc2c(c1=O)COC(=O)C2. The molecule has 0 spiro atoms. The molecule has 0 aliphatic carbocycles. The van der Waals surface area contributed by atoms with Gasteiger partial charge in [-0.1, -0.05) is 12.1 Å². The molecule has 0 saturated carbocycles. The number of hydrogen-bond donors (Lipinski definition) is 0. The standard InChI is InChI=1S/C21H19N3O3/c1-23(2)9-12-4-3-5-17-15(12)6-14-10-24-18(20(14)22-17)7-13-8-19(25)27-11-16(13)21(24)26/h3-7H,8-11H2,1-2H3. The van der Waals surface area contributed by atoms with Gasteiger partial charge in [0.15, 0.2) is 0 Å². The van der Waals surface area contributed by atoms with E-state index < -0.39 is 0 Å². The summed E-state index contributed by atoms with van der Waals surface area (Å²) in [5, 5.41) is 1.12. The number of nitrogens with zero attached hydrogens (tertiary/aromatic N) is 3. The molecule has 2 aliphatic rings. The molecule has 0 radical (unpaired) electrons. The Morgan fingerprint density at radius 2 is 2.04 bits per heavy atom. The number of hydrogen-bond acceptors (Lipinski definition) is 5. The first-order valence-electron chi connectivity index (χ1n) is 8.99. The van der Waals surface area contributed by atoms with Gasteiger partial charge in [0, 0.05) is 17.5 Å². The lowest BCUT2D eigenvalue weighted by atomic mass is 10.0. The highest BCUT2D eigenvalue weighted by atomic mass is 16.5. The zero-order valence-corrected chi connectivity index (χ0v) is 15.3. The lowest BCUT2D eigenvalue weighted by Gasteiger charge is -2.17. The van der Waals surface area contributed by atoms with Crippen molar-refractivity contribution >= 4 is 16.9 Å². The van der Waals surface area contributed by atoms with Gasteiger partial charge in [-0.15, -0.1) is 0 Å². The third-order valence-corrected chi connectivity index (χ3v) is 5.29. The molecule has 0 bridgehead atoms. The molecule has 3 aromatic rings. The largest absolute Gasteiger partial charge is 0.460 e. The van der Waals surface area contributed by atoms with Crippen LogP contribution in [0, 0.1) is 0 Å². The van der Waals surface area contributed by atoms with E-state index in [1.54, 1.807) is 4.57 Å². The number of rotatable bonds is 2. The smallest absolute Gasteiger partial charge is 0.310 e. The number of carbonyl (C=O) groups is 1. The van der Waals surface area contributed by atoms with Gasteiger partial charge in [0.05, 0.1) is 35.4 Å². The number of ether oxygens (including phenoxy) is 1. The number of carbonyl (C=O) groups excluding carboxylic acids is 1. The van der Waals surface area contributed by atoms with Crippen LogP contribution in [0.4, 0.5) is 0 Å². The Morgan fingerprint density at radius 3 is 2.85 bits per heavy atom. The molecular weight excluding hydrogens is 342 g/mol. The van der Waals surface area contributed by atoms with Gasteiger partial charge in [-0.2, -0.15) is 0 Å². The highest BCUT2D eigenvalue weighted by Gasteiger charge is 2.28. The van der Waals surface area contributed by atoms with Gasteiger partial charge < -0.3 is 14.2 Å². The molecular formula is C21H19N3O3. The molecule has 0 N–H and O–H groups in total. The van der Waals surface area contributed by atoms with Crippen LogP contribution in [0.3, 0.4) is 0 Å². The highest BCUT2D eigenvalue weighted by Crippen LogP contribution is 2.34. The summed E-state index contributed by atoms with van der Waals surface area (Å²) >= 11 is 0. The lowest BCUT2D eigenvalue weighted by molar-refractivity contribution is -0.145. The summed E-state index contributed by atoms with van der Waals surface area (Å²) in [6.45, 7) is 1.40. The van der Waals surface area contributed by atoms with Crippen molar-refractivity contribution in [2.75, 3.05) is 14.1 Å². The van der Waals surface area contributed by atoms with Crippen molar-refractivity contribution in [1.82, 2.24) is 14.5 Å². The van der Waals surface area contributed by atoms with Crippen LogP contribution in [0.25, 0.3) is 22.3 Å². The summed E-state index contributed by atoms with van der Waals surface area (Å²) in [6, 6.07) is 10.2. The Morgan fingerprint density at radius 1 is 1.19 bits per heavy atom. The Labute approximate surface area is 156 Å². The predicted molar refractivity (Wildman–Crippen MR) is 101 cm³/mol. The van der Waals surface area contributed by atoms with Crippen molar-refractivity contribution in [3.8, 4) is 11.4 Å². The van der Waals surface area contributed by atoms with E-state index in [2.05, 4.69) is 17.0 Å². The summed E-state index contributed by atoms with van der Waals surface area (Å²) < 4.78 is 6.82. The summed E-state index contributed by atoms with van der Waals surface area (Å²) in [4.78, 5) is 31.6. The van der Waals surface area contributed by atoms with Crippen LogP contribution >= 0.6 is 0 Å². The van der Waals surface area contributed by atoms with Gasteiger partial charge in [-0.3, -0.25) is 9.59 Å². The number of pyridine rings is 2. The maximum atomic E-state index is 12.9. The highest BCUT2D eigenvalue weighted by molar-refractivity contribution is 5.87. The van der Waals surface area contributed by atoms with Crippen LogP contribution in [0.15, 0.2) is 35.1 Å². The molecule has 27 heavy (non-hydrogen) atoms. The monoisotopic (exact) mass is 361 g/mol. The number of fused-ring (bicyclic) bond motifs is 5. The van der Waals surface area contributed by atoms with Crippen LogP contribution in [0.5, 0.6) is 0 Å². The van der Waals surface area contributed by atoms with Crippen molar-refractivity contribution < 1.29 is 9.53 Å². The topological polar surface area (TPSA) is 64.4 Å². The van der Waals surface area contributed by atoms with Crippen LogP contribution in [-0.2, 0) is 35.6 Å². The second kappa shape index (κ2) is 5.76. The molecule has 2 aromatic heterocycles. The van der Waals surface area contributed by atoms with Gasteiger partial charge in [0.2, 0.25) is 0 Å². The maximum Gasteiger partial charge on any atom is 0.310 e. The van der Waals surface area contributed by atoms with E-state index in [9.17, 15) is 9.59 Å². The molecule has 1 aromatic carbocycles. The van der Waals surface area contributed by atoms with E-state index in [1.807, 2.05) is 32.3 Å². The van der Waals surface area contributed by atoms with Crippen LogP contribution in [0.1, 0.15) is 22.3 Å². The molecule has 0 saturated heterocycles. The summed E-state index contributed by atoms with van der Waals surface area (Å²) in [7, 11) is 4.09. The zero-order chi connectivity index (χ0) is 18.7. The molecule has 0 unspecified atom stereocenters. The minimum atomic E-state index is -0.287. The minimum Gasteiger partial charge on any atom is -0.460 e. The van der Waals surface area contributed by atoms with E-state index in [1.165, 1.54) is 5.56 Å². The van der Waals surface area contributed by atoms with E-state index in [4.69, 9.17) is 9.72 Å². The van der Waals surface area contributed by atoms with Crippen LogP contribution < -0.4 is 5.56 Å². The molecule has 6 nitrogen and oxygen atoms in total.